The molecule has 0 saturated heterocycles. The molecule has 12 nitrogen and oxygen atoms in total. The highest BCUT2D eigenvalue weighted by atomic mass is 16.4. The van der Waals surface area contributed by atoms with Gasteiger partial charge in [-0.3, -0.25) is 14.4 Å². The number of H-pyrrole nitrogens is 1. The van der Waals surface area contributed by atoms with Gasteiger partial charge in [0.1, 0.15) is 18.1 Å². The molecule has 1 heterocycles. The molecule has 3 amide bonds. The van der Waals surface area contributed by atoms with E-state index in [9.17, 15) is 24.3 Å². The molecule has 5 unspecified atom stereocenters. The number of amides is 3. The largest absolute Gasteiger partial charge is 0.480 e. The van der Waals surface area contributed by atoms with Gasteiger partial charge in [0.15, 0.2) is 0 Å². The zero-order valence-corrected chi connectivity index (χ0v) is 21.0. The monoisotopic (exact) mass is 495 g/mol. The third-order valence-electron chi connectivity index (χ3n) is 5.94. The smallest absolute Gasteiger partial charge is 0.326 e. The molecule has 0 saturated carbocycles. The molecule has 1 rings (SSSR count). The molecule has 198 valence electrons. The lowest BCUT2D eigenvalue weighted by Gasteiger charge is -2.28. The third kappa shape index (κ3) is 10.0. The van der Waals surface area contributed by atoms with E-state index >= 15 is 0 Å². The summed E-state index contributed by atoms with van der Waals surface area (Å²) in [6, 6.07) is -3.90. The van der Waals surface area contributed by atoms with Crippen LogP contribution in [0.2, 0.25) is 0 Å². The van der Waals surface area contributed by atoms with Crippen LogP contribution in [0.1, 0.15) is 59.1 Å². The summed E-state index contributed by atoms with van der Waals surface area (Å²) < 4.78 is 0. The molecular formula is C23H41N7O5. The average molecular weight is 496 g/mol. The Bertz CT molecular complexity index is 815. The molecular weight excluding hydrogens is 454 g/mol. The van der Waals surface area contributed by atoms with Gasteiger partial charge in [0.2, 0.25) is 17.7 Å². The van der Waals surface area contributed by atoms with E-state index in [1.54, 1.807) is 20.0 Å². The molecule has 0 aliphatic rings. The lowest BCUT2D eigenvalue weighted by molar-refractivity contribution is -0.143. The second kappa shape index (κ2) is 15.1. The highest BCUT2D eigenvalue weighted by molar-refractivity contribution is 5.94. The fraction of sp³-hybridized carbons (Fsp3) is 0.696. The van der Waals surface area contributed by atoms with E-state index in [4.69, 9.17) is 11.5 Å². The molecule has 0 radical (unpaired) electrons. The minimum atomic E-state index is -1.16. The zero-order valence-electron chi connectivity index (χ0n) is 21.0. The van der Waals surface area contributed by atoms with Gasteiger partial charge in [0.05, 0.1) is 12.4 Å². The summed E-state index contributed by atoms with van der Waals surface area (Å²) in [6.45, 7) is 7.48. The van der Waals surface area contributed by atoms with Crippen LogP contribution in [-0.2, 0) is 25.6 Å². The maximum atomic E-state index is 13.2. The molecule has 1 aromatic rings. The van der Waals surface area contributed by atoms with Gasteiger partial charge >= 0.3 is 5.97 Å². The van der Waals surface area contributed by atoms with E-state index < -0.39 is 47.9 Å². The number of aliphatic carboxylic acids is 1. The maximum Gasteiger partial charge on any atom is 0.326 e. The van der Waals surface area contributed by atoms with Gasteiger partial charge in [-0.15, -0.1) is 0 Å². The van der Waals surface area contributed by atoms with E-state index in [0.717, 1.165) is 0 Å². The fourth-order valence-electron chi connectivity index (χ4n) is 3.48. The Morgan fingerprint density at radius 2 is 1.69 bits per heavy atom. The van der Waals surface area contributed by atoms with E-state index in [1.165, 1.54) is 6.33 Å². The minimum Gasteiger partial charge on any atom is -0.480 e. The SMILES string of the molecule is CCC(C)C(NC(=O)C(N)Cc1cnc[nH]1)C(=O)NC(CCCCN)C(=O)NC(C(=O)O)C(C)C. The molecule has 0 aliphatic heterocycles. The van der Waals surface area contributed by atoms with E-state index in [-0.39, 0.29) is 24.7 Å². The number of nitrogens with one attached hydrogen (secondary N) is 4. The summed E-state index contributed by atoms with van der Waals surface area (Å²) in [5, 5.41) is 17.4. The number of nitrogens with two attached hydrogens (primary N) is 2. The van der Waals surface area contributed by atoms with Crippen LogP contribution in [0.4, 0.5) is 0 Å². The molecule has 35 heavy (non-hydrogen) atoms. The van der Waals surface area contributed by atoms with Crippen LogP contribution in [0.5, 0.6) is 0 Å². The van der Waals surface area contributed by atoms with Crippen molar-refractivity contribution in [2.24, 2.45) is 23.3 Å². The fourth-order valence-corrected chi connectivity index (χ4v) is 3.48. The first-order valence-electron chi connectivity index (χ1n) is 12.1. The van der Waals surface area contributed by atoms with Crippen molar-refractivity contribution in [3.63, 3.8) is 0 Å². The molecule has 9 N–H and O–H groups in total. The molecule has 0 aliphatic carbocycles. The molecule has 0 fully saturated rings. The average Bonchev–Trinajstić information content (AvgIpc) is 3.31. The number of rotatable bonds is 16. The zero-order chi connectivity index (χ0) is 26.5. The van der Waals surface area contributed by atoms with Crippen LogP contribution in [-0.4, -0.2) is 69.5 Å². The van der Waals surface area contributed by atoms with Crippen LogP contribution in [0, 0.1) is 11.8 Å². The Morgan fingerprint density at radius 3 is 2.20 bits per heavy atom. The number of aromatic amines is 1. The van der Waals surface area contributed by atoms with Gasteiger partial charge in [-0.05, 0) is 37.6 Å². The maximum absolute atomic E-state index is 13.2. The van der Waals surface area contributed by atoms with Crippen molar-refractivity contribution in [1.29, 1.82) is 0 Å². The van der Waals surface area contributed by atoms with Crippen LogP contribution in [0.15, 0.2) is 12.5 Å². The van der Waals surface area contributed by atoms with Crippen molar-refractivity contribution in [3.05, 3.63) is 18.2 Å². The van der Waals surface area contributed by atoms with Crippen LogP contribution >= 0.6 is 0 Å². The molecule has 1 aromatic heterocycles. The van der Waals surface area contributed by atoms with Crippen molar-refractivity contribution >= 4 is 23.7 Å². The lowest BCUT2D eigenvalue weighted by atomic mass is 9.96. The first-order chi connectivity index (χ1) is 16.5. The topological polar surface area (TPSA) is 205 Å². The molecule has 5 atom stereocenters. The summed E-state index contributed by atoms with van der Waals surface area (Å²) in [4.78, 5) is 57.2. The number of imidazole rings is 1. The first-order valence-corrected chi connectivity index (χ1v) is 12.1. The van der Waals surface area contributed by atoms with Gasteiger partial charge in [0, 0.05) is 18.3 Å². The molecule has 0 bridgehead atoms. The Balaban J connectivity index is 2.97. The number of hydrogen-bond donors (Lipinski definition) is 7. The standard InChI is InChI=1S/C23H41N7O5/c1-5-14(4)19(30-20(31)16(25)10-15-11-26-12-27-15)22(33)28-17(8-6-7-9-24)21(32)29-18(13(2)3)23(34)35/h11-14,16-19H,5-10,24-25H2,1-4H3,(H,26,27)(H,28,33)(H,29,32)(H,30,31)(H,34,35). The van der Waals surface area contributed by atoms with Crippen molar-refractivity contribution in [2.45, 2.75) is 84.0 Å². The van der Waals surface area contributed by atoms with Gasteiger partial charge < -0.3 is 37.5 Å². The Kier molecular flexibility index (Phi) is 13.0. The van der Waals surface area contributed by atoms with Gasteiger partial charge in [-0.25, -0.2) is 9.78 Å². The number of unbranched alkanes of at least 4 members (excludes halogenated alkanes) is 1. The number of aromatic nitrogens is 2. The lowest BCUT2D eigenvalue weighted by Crippen LogP contribution is -2.59. The van der Waals surface area contributed by atoms with Gasteiger partial charge in [0.25, 0.3) is 0 Å². The number of carbonyl (C=O) groups is 4. The normalized spacial score (nSPS) is 15.5. The number of hydrogen-bond acceptors (Lipinski definition) is 7. The minimum absolute atomic E-state index is 0.219. The number of carboxylic acids is 1. The highest BCUT2D eigenvalue weighted by Crippen LogP contribution is 2.11. The van der Waals surface area contributed by atoms with Gasteiger partial charge in [-0.2, -0.15) is 0 Å². The second-order valence-corrected chi connectivity index (χ2v) is 9.17. The van der Waals surface area contributed by atoms with Crippen LogP contribution < -0.4 is 27.4 Å². The predicted octanol–water partition coefficient (Wildman–Crippen LogP) is -0.350. The van der Waals surface area contributed by atoms with Crippen molar-refractivity contribution in [2.75, 3.05) is 6.54 Å². The van der Waals surface area contributed by atoms with Crippen LogP contribution in [0.3, 0.4) is 0 Å². The summed E-state index contributed by atoms with van der Waals surface area (Å²) >= 11 is 0. The molecule has 12 heteroatoms. The van der Waals surface area contributed by atoms with Crippen molar-refractivity contribution < 1.29 is 24.3 Å². The quantitative estimate of drug-likeness (QED) is 0.150. The van der Waals surface area contributed by atoms with E-state index in [2.05, 4.69) is 25.9 Å². The predicted molar refractivity (Wildman–Crippen MR) is 131 cm³/mol. The summed E-state index contributed by atoms with van der Waals surface area (Å²) in [5.41, 5.74) is 12.3. The Labute approximate surface area is 206 Å². The number of carbonyl (C=O) groups excluding carboxylic acids is 3. The Hall–Kier alpha value is -2.99. The second-order valence-electron chi connectivity index (χ2n) is 9.17. The number of carboxylic acid groups (broad SMARTS) is 1. The van der Waals surface area contributed by atoms with E-state index in [0.29, 0.717) is 31.5 Å². The van der Waals surface area contributed by atoms with Gasteiger partial charge in [-0.1, -0.05) is 34.1 Å². The summed E-state index contributed by atoms with van der Waals surface area (Å²) in [5.74, 6) is -3.38. The molecule has 0 aromatic carbocycles. The summed E-state index contributed by atoms with van der Waals surface area (Å²) in [6.07, 6.45) is 5.34. The summed E-state index contributed by atoms with van der Waals surface area (Å²) in [7, 11) is 0. The first kappa shape index (κ1) is 30.0. The Morgan fingerprint density at radius 1 is 1.03 bits per heavy atom. The van der Waals surface area contributed by atoms with Crippen molar-refractivity contribution in [3.8, 4) is 0 Å². The van der Waals surface area contributed by atoms with Crippen LogP contribution in [0.25, 0.3) is 0 Å². The van der Waals surface area contributed by atoms with E-state index in [1.807, 2.05) is 13.8 Å². The van der Waals surface area contributed by atoms with Crippen molar-refractivity contribution in [1.82, 2.24) is 25.9 Å². The third-order valence-corrected chi connectivity index (χ3v) is 5.94. The highest BCUT2D eigenvalue weighted by Gasteiger charge is 2.33. The molecule has 0 spiro atoms. The number of nitrogens with zero attached hydrogens (tertiary/aromatic N) is 1.